The van der Waals surface area contributed by atoms with E-state index in [1.807, 2.05) is 0 Å². The first kappa shape index (κ1) is 7.01. The van der Waals surface area contributed by atoms with Crippen molar-refractivity contribution in [3.05, 3.63) is 0 Å². The maximum absolute atomic E-state index is 4.61. The van der Waals surface area contributed by atoms with E-state index in [-0.39, 0.29) is 0 Å². The molecule has 2 aliphatic rings. The summed E-state index contributed by atoms with van der Waals surface area (Å²) in [6, 6.07) is 1.05. The second-order valence-electron chi connectivity index (χ2n) is 3.49. The van der Waals surface area contributed by atoms with Gasteiger partial charge in [-0.15, -0.1) is 0 Å². The van der Waals surface area contributed by atoms with Crippen LogP contribution < -0.4 is 0 Å². The Bertz CT molecular complexity index is 204. The first-order valence-electron chi connectivity index (χ1n) is 4.36. The fourth-order valence-corrected chi connectivity index (χ4v) is 1.91. The molecule has 0 spiro atoms. The van der Waals surface area contributed by atoms with Crippen molar-refractivity contribution >= 4 is 11.4 Å². The van der Waals surface area contributed by atoms with E-state index in [2.05, 4.69) is 23.8 Å². The molecule has 0 saturated heterocycles. The first-order valence-corrected chi connectivity index (χ1v) is 4.36. The standard InChI is InChI=1S/C9H14N2/c1-6-7(2)11-9-5-3-4-8(9)10-6/h8-9H,3-5H2,1-2H3/t8-,9-/m1/s1. The molecule has 1 aliphatic carbocycles. The zero-order valence-electron chi connectivity index (χ0n) is 7.17. The van der Waals surface area contributed by atoms with Gasteiger partial charge in [-0.2, -0.15) is 0 Å². The van der Waals surface area contributed by atoms with Crippen LogP contribution in [-0.2, 0) is 0 Å². The van der Waals surface area contributed by atoms with Crippen LogP contribution in [0.3, 0.4) is 0 Å². The summed E-state index contributed by atoms with van der Waals surface area (Å²) >= 11 is 0. The van der Waals surface area contributed by atoms with Gasteiger partial charge in [-0.3, -0.25) is 9.98 Å². The van der Waals surface area contributed by atoms with E-state index >= 15 is 0 Å². The molecule has 0 aromatic carbocycles. The van der Waals surface area contributed by atoms with Gasteiger partial charge in [-0.05, 0) is 33.1 Å². The molecular formula is C9H14N2. The Kier molecular flexibility index (Phi) is 1.55. The molecule has 1 heterocycles. The van der Waals surface area contributed by atoms with E-state index in [0.29, 0.717) is 12.1 Å². The van der Waals surface area contributed by atoms with E-state index in [1.54, 1.807) is 0 Å². The topological polar surface area (TPSA) is 24.7 Å². The highest BCUT2D eigenvalue weighted by molar-refractivity contribution is 6.41. The van der Waals surface area contributed by atoms with Gasteiger partial charge in [0, 0.05) is 0 Å². The summed E-state index contributed by atoms with van der Waals surface area (Å²) < 4.78 is 0. The van der Waals surface area contributed by atoms with E-state index in [0.717, 1.165) is 11.4 Å². The summed E-state index contributed by atoms with van der Waals surface area (Å²) in [6.07, 6.45) is 3.81. The van der Waals surface area contributed by atoms with E-state index in [4.69, 9.17) is 0 Å². The zero-order valence-corrected chi connectivity index (χ0v) is 7.17. The molecule has 2 nitrogen and oxygen atoms in total. The molecule has 0 amide bonds. The lowest BCUT2D eigenvalue weighted by atomic mass is 10.1. The van der Waals surface area contributed by atoms with Crippen molar-refractivity contribution in [1.82, 2.24) is 0 Å². The zero-order chi connectivity index (χ0) is 7.84. The fourth-order valence-electron chi connectivity index (χ4n) is 1.91. The third-order valence-corrected chi connectivity index (χ3v) is 2.69. The number of hydrogen-bond donors (Lipinski definition) is 0. The number of hydrogen-bond acceptors (Lipinski definition) is 2. The summed E-state index contributed by atoms with van der Waals surface area (Å²) in [5.41, 5.74) is 2.29. The second-order valence-corrected chi connectivity index (χ2v) is 3.49. The van der Waals surface area contributed by atoms with Crippen molar-refractivity contribution in [2.24, 2.45) is 9.98 Å². The van der Waals surface area contributed by atoms with Gasteiger partial charge in [0.05, 0.1) is 23.5 Å². The molecule has 2 rings (SSSR count). The smallest absolute Gasteiger partial charge is 0.0727 e. The van der Waals surface area contributed by atoms with Crippen LogP contribution in [0.25, 0.3) is 0 Å². The van der Waals surface area contributed by atoms with Crippen molar-refractivity contribution in [3.8, 4) is 0 Å². The molecule has 2 atom stereocenters. The molecule has 0 bridgehead atoms. The predicted molar refractivity (Wildman–Crippen MR) is 47.6 cm³/mol. The van der Waals surface area contributed by atoms with Crippen LogP contribution in [0.15, 0.2) is 9.98 Å². The quantitative estimate of drug-likeness (QED) is 0.503. The normalized spacial score (nSPS) is 36.2. The Labute approximate surface area is 67.4 Å². The van der Waals surface area contributed by atoms with Gasteiger partial charge in [0.25, 0.3) is 0 Å². The van der Waals surface area contributed by atoms with E-state index in [1.165, 1.54) is 19.3 Å². The Morgan fingerprint density at radius 1 is 1.00 bits per heavy atom. The molecule has 0 radical (unpaired) electrons. The van der Waals surface area contributed by atoms with E-state index < -0.39 is 0 Å². The van der Waals surface area contributed by atoms with Crippen molar-refractivity contribution in [2.45, 2.75) is 45.2 Å². The van der Waals surface area contributed by atoms with Crippen molar-refractivity contribution in [3.63, 3.8) is 0 Å². The van der Waals surface area contributed by atoms with Gasteiger partial charge in [0.2, 0.25) is 0 Å². The maximum Gasteiger partial charge on any atom is 0.0727 e. The summed E-state index contributed by atoms with van der Waals surface area (Å²) in [5, 5.41) is 0. The molecule has 60 valence electrons. The van der Waals surface area contributed by atoms with Crippen LogP contribution >= 0.6 is 0 Å². The summed E-state index contributed by atoms with van der Waals surface area (Å²) in [4.78, 5) is 9.22. The second kappa shape index (κ2) is 2.43. The van der Waals surface area contributed by atoms with Gasteiger partial charge in [-0.25, -0.2) is 0 Å². The summed E-state index contributed by atoms with van der Waals surface area (Å²) in [5.74, 6) is 0. The van der Waals surface area contributed by atoms with Crippen LogP contribution in [0.4, 0.5) is 0 Å². The summed E-state index contributed by atoms with van der Waals surface area (Å²) in [7, 11) is 0. The number of fused-ring (bicyclic) bond motifs is 1. The van der Waals surface area contributed by atoms with Crippen molar-refractivity contribution in [1.29, 1.82) is 0 Å². The van der Waals surface area contributed by atoms with E-state index in [9.17, 15) is 0 Å². The molecule has 1 aliphatic heterocycles. The largest absolute Gasteiger partial charge is 0.283 e. The van der Waals surface area contributed by atoms with Crippen LogP contribution in [0, 0.1) is 0 Å². The average molecular weight is 150 g/mol. The lowest BCUT2D eigenvalue weighted by Crippen LogP contribution is -2.26. The molecule has 1 saturated carbocycles. The molecule has 2 heteroatoms. The van der Waals surface area contributed by atoms with Gasteiger partial charge in [0.1, 0.15) is 0 Å². The molecule has 11 heavy (non-hydrogen) atoms. The SMILES string of the molecule is CC1=N[C@@H]2CCC[C@H]2N=C1C. The maximum atomic E-state index is 4.61. The molecule has 0 unspecified atom stereocenters. The highest BCUT2D eigenvalue weighted by atomic mass is 15.0. The lowest BCUT2D eigenvalue weighted by molar-refractivity contribution is 0.602. The average Bonchev–Trinajstić information content (AvgIpc) is 2.36. The highest BCUT2D eigenvalue weighted by Crippen LogP contribution is 2.27. The van der Waals surface area contributed by atoms with Crippen molar-refractivity contribution < 1.29 is 0 Å². The third-order valence-electron chi connectivity index (χ3n) is 2.69. The van der Waals surface area contributed by atoms with Crippen LogP contribution in [0.2, 0.25) is 0 Å². The Hall–Kier alpha value is -0.660. The predicted octanol–water partition coefficient (Wildman–Crippen LogP) is 1.84. The third kappa shape index (κ3) is 1.10. The monoisotopic (exact) mass is 150 g/mol. The Morgan fingerprint density at radius 2 is 1.45 bits per heavy atom. The van der Waals surface area contributed by atoms with Crippen LogP contribution in [0.1, 0.15) is 33.1 Å². The van der Waals surface area contributed by atoms with Gasteiger partial charge >= 0.3 is 0 Å². The molecule has 0 aromatic rings. The van der Waals surface area contributed by atoms with Crippen LogP contribution in [0.5, 0.6) is 0 Å². The molecule has 1 fully saturated rings. The Morgan fingerprint density at radius 3 is 1.91 bits per heavy atom. The molecule has 0 N–H and O–H groups in total. The molecule has 0 aromatic heterocycles. The minimum atomic E-state index is 0.527. The molecular weight excluding hydrogens is 136 g/mol. The fraction of sp³-hybridized carbons (Fsp3) is 0.778. The van der Waals surface area contributed by atoms with Crippen LogP contribution in [-0.4, -0.2) is 23.5 Å². The summed E-state index contributed by atoms with van der Waals surface area (Å²) in [6.45, 7) is 4.13. The lowest BCUT2D eigenvalue weighted by Gasteiger charge is -2.18. The Balaban J connectivity index is 2.26. The van der Waals surface area contributed by atoms with Crippen molar-refractivity contribution in [2.75, 3.05) is 0 Å². The van der Waals surface area contributed by atoms with Gasteiger partial charge in [0.15, 0.2) is 0 Å². The van der Waals surface area contributed by atoms with Gasteiger partial charge < -0.3 is 0 Å². The number of rotatable bonds is 0. The minimum Gasteiger partial charge on any atom is -0.283 e. The number of nitrogens with zero attached hydrogens (tertiary/aromatic N) is 2. The number of aliphatic imine (C=N–C) groups is 2. The highest BCUT2D eigenvalue weighted by Gasteiger charge is 2.29. The first-order chi connectivity index (χ1) is 5.27. The van der Waals surface area contributed by atoms with Gasteiger partial charge in [-0.1, -0.05) is 0 Å². The minimum absolute atomic E-state index is 0.527.